The molecule has 150 valence electrons. The number of furan rings is 1. The van der Waals surface area contributed by atoms with Crippen molar-refractivity contribution in [1.82, 2.24) is 0 Å². The highest BCUT2D eigenvalue weighted by atomic mass is 19.1. The van der Waals surface area contributed by atoms with Crippen LogP contribution in [0.4, 0.5) is 10.1 Å². The van der Waals surface area contributed by atoms with Crippen molar-refractivity contribution in [1.29, 1.82) is 0 Å². The smallest absolute Gasteiger partial charge is 0.219 e. The molecule has 0 bridgehead atoms. The molecule has 0 saturated heterocycles. The molecule has 0 N–H and O–H groups in total. The van der Waals surface area contributed by atoms with Crippen LogP contribution in [0.5, 0.6) is 0 Å². The number of nitrogens with zero attached hydrogens (tertiary/aromatic N) is 2. The van der Waals surface area contributed by atoms with Crippen LogP contribution in [0.3, 0.4) is 0 Å². The number of halogens is 1. The van der Waals surface area contributed by atoms with Crippen LogP contribution in [0.1, 0.15) is 15.2 Å². The monoisotopic (exact) mass is 410 g/mol. The molecular weight excluding hydrogens is 387 g/mol. The van der Waals surface area contributed by atoms with Crippen molar-refractivity contribution in [3.8, 4) is 22.4 Å². The fraction of sp³-hybridized carbons (Fsp3) is 0.111. The van der Waals surface area contributed by atoms with Crippen LogP contribution in [-0.2, 0) is 7.05 Å². The minimum Gasteiger partial charge on any atom is -0.456 e. The van der Waals surface area contributed by atoms with Gasteiger partial charge in [0.1, 0.15) is 24.0 Å². The summed E-state index contributed by atoms with van der Waals surface area (Å²) in [6.07, 6.45) is 1.31. The molecule has 5 rings (SSSR count). The number of aromatic nitrogens is 1. The third-order valence-electron chi connectivity index (χ3n) is 5.62. The zero-order valence-corrected chi connectivity index (χ0v) is 17.0. The molecule has 0 saturated carbocycles. The van der Waals surface area contributed by atoms with E-state index in [0.717, 1.165) is 27.5 Å². The largest absolute Gasteiger partial charge is 0.456 e. The minimum absolute atomic E-state index is 0.333. The van der Waals surface area contributed by atoms with E-state index in [1.807, 2.05) is 49.4 Å². The minimum atomic E-state index is -2.56. The first-order chi connectivity index (χ1) is 16.2. The second-order valence-electron chi connectivity index (χ2n) is 7.61. The number of hydrogen-bond donors (Lipinski definition) is 0. The number of pyridine rings is 1. The lowest BCUT2D eigenvalue weighted by atomic mass is 9.92. The predicted octanol–water partition coefficient (Wildman–Crippen LogP) is 7.05. The van der Waals surface area contributed by atoms with Gasteiger partial charge in [-0.05, 0) is 42.6 Å². The van der Waals surface area contributed by atoms with Gasteiger partial charge in [-0.2, -0.15) is 0 Å². The third-order valence-corrected chi connectivity index (χ3v) is 5.62. The maximum atomic E-state index is 15.0. The molecule has 0 spiro atoms. The summed E-state index contributed by atoms with van der Waals surface area (Å²) in [4.78, 5) is 3.51. The quantitative estimate of drug-likeness (QED) is 0.226. The average Bonchev–Trinajstić information content (AvgIpc) is 3.18. The van der Waals surface area contributed by atoms with E-state index in [0.29, 0.717) is 28.1 Å². The molecule has 0 radical (unpaired) electrons. The Labute approximate surface area is 184 Å². The van der Waals surface area contributed by atoms with Gasteiger partial charge in [0.05, 0.1) is 12.1 Å². The number of fused-ring (bicyclic) bond motifs is 3. The van der Waals surface area contributed by atoms with Crippen molar-refractivity contribution in [3.63, 3.8) is 0 Å². The molecule has 0 unspecified atom stereocenters. The van der Waals surface area contributed by atoms with Crippen LogP contribution in [0.2, 0.25) is 0 Å². The fourth-order valence-electron chi connectivity index (χ4n) is 4.17. The molecule has 2 aromatic heterocycles. The fourth-order valence-corrected chi connectivity index (χ4v) is 4.17. The second-order valence-corrected chi connectivity index (χ2v) is 7.61. The maximum absolute atomic E-state index is 15.0. The summed E-state index contributed by atoms with van der Waals surface area (Å²) in [7, 11) is 1.69. The highest BCUT2D eigenvalue weighted by Crippen LogP contribution is 2.43. The van der Waals surface area contributed by atoms with Gasteiger partial charge in [0.15, 0.2) is 11.9 Å². The molecule has 0 amide bonds. The van der Waals surface area contributed by atoms with Crippen LogP contribution >= 0.6 is 0 Å². The van der Waals surface area contributed by atoms with Gasteiger partial charge in [0.2, 0.25) is 5.69 Å². The van der Waals surface area contributed by atoms with Crippen molar-refractivity contribution in [2.24, 2.45) is 7.05 Å². The van der Waals surface area contributed by atoms with E-state index in [1.54, 1.807) is 23.7 Å². The Hall–Kier alpha value is -3.97. The first-order valence-corrected chi connectivity index (χ1v) is 9.82. The van der Waals surface area contributed by atoms with Crippen LogP contribution in [-0.4, -0.2) is 0 Å². The molecule has 3 aromatic carbocycles. The van der Waals surface area contributed by atoms with E-state index in [2.05, 4.69) is 4.85 Å². The average molecular weight is 410 g/mol. The lowest BCUT2D eigenvalue weighted by molar-refractivity contribution is -0.661. The Morgan fingerprint density at radius 1 is 1.06 bits per heavy atom. The lowest BCUT2D eigenvalue weighted by Gasteiger charge is -2.11. The van der Waals surface area contributed by atoms with E-state index >= 15 is 0 Å². The summed E-state index contributed by atoms with van der Waals surface area (Å²) >= 11 is 0. The van der Waals surface area contributed by atoms with Gasteiger partial charge < -0.3 is 4.42 Å². The molecule has 4 heteroatoms. The van der Waals surface area contributed by atoms with Crippen molar-refractivity contribution < 1.29 is 17.5 Å². The number of rotatable bonds is 2. The molecule has 3 nitrogen and oxygen atoms in total. The van der Waals surface area contributed by atoms with Crippen molar-refractivity contribution >= 4 is 27.6 Å². The van der Waals surface area contributed by atoms with Gasteiger partial charge in [0.25, 0.3) is 0 Å². The summed E-state index contributed by atoms with van der Waals surface area (Å²) in [5, 5.41) is 1.71. The van der Waals surface area contributed by atoms with E-state index in [-0.39, 0.29) is 5.56 Å². The normalized spacial score (nSPS) is 13.0. The molecular formula is C27H20FN2O+. The molecule has 0 aliphatic heterocycles. The Morgan fingerprint density at radius 3 is 2.61 bits per heavy atom. The second kappa shape index (κ2) is 7.07. The van der Waals surface area contributed by atoms with Crippen molar-refractivity contribution in [2.75, 3.05) is 0 Å². The summed E-state index contributed by atoms with van der Waals surface area (Å²) in [5.74, 6) is -0.792. The van der Waals surface area contributed by atoms with Crippen LogP contribution in [0.25, 0.3) is 49.2 Å². The van der Waals surface area contributed by atoms with Crippen LogP contribution in [0.15, 0.2) is 71.3 Å². The van der Waals surface area contributed by atoms with Gasteiger partial charge in [-0.15, -0.1) is 0 Å². The number of hydrogen-bond acceptors (Lipinski definition) is 1. The number of benzene rings is 3. The Morgan fingerprint density at radius 2 is 1.87 bits per heavy atom. The molecule has 0 atom stereocenters. The maximum Gasteiger partial charge on any atom is 0.219 e. The topological polar surface area (TPSA) is 21.4 Å². The Balaban J connectivity index is 1.91. The molecule has 5 aromatic rings. The van der Waals surface area contributed by atoms with Gasteiger partial charge in [0, 0.05) is 26.5 Å². The first kappa shape index (κ1) is 15.8. The Bertz CT molecular complexity index is 1630. The first-order valence-electron chi connectivity index (χ1n) is 11.3. The lowest BCUT2D eigenvalue weighted by Crippen LogP contribution is -2.31. The zero-order valence-electron chi connectivity index (χ0n) is 20.0. The van der Waals surface area contributed by atoms with Gasteiger partial charge in [-0.3, -0.25) is 0 Å². The highest BCUT2D eigenvalue weighted by molar-refractivity contribution is 6.17. The Kier molecular flexibility index (Phi) is 3.61. The highest BCUT2D eigenvalue weighted by Gasteiger charge is 2.25. The van der Waals surface area contributed by atoms with Crippen LogP contribution < -0.4 is 4.57 Å². The van der Waals surface area contributed by atoms with Gasteiger partial charge >= 0.3 is 0 Å². The number of aryl methyl sites for hydroxylation is 3. The van der Waals surface area contributed by atoms with Crippen molar-refractivity contribution in [2.45, 2.75) is 13.8 Å². The molecule has 0 fully saturated rings. The van der Waals surface area contributed by atoms with E-state index in [4.69, 9.17) is 15.1 Å². The predicted molar refractivity (Wildman–Crippen MR) is 121 cm³/mol. The third kappa shape index (κ3) is 2.98. The molecule has 0 aliphatic rings. The zero-order chi connectivity index (χ0) is 24.2. The van der Waals surface area contributed by atoms with E-state index in [1.165, 1.54) is 12.3 Å². The molecule has 0 aliphatic carbocycles. The molecule has 2 heterocycles. The van der Waals surface area contributed by atoms with E-state index < -0.39 is 12.7 Å². The summed E-state index contributed by atoms with van der Waals surface area (Å²) in [6, 6.07) is 18.5. The van der Waals surface area contributed by atoms with Gasteiger partial charge in [-0.1, -0.05) is 42.5 Å². The van der Waals surface area contributed by atoms with Gasteiger partial charge in [-0.25, -0.2) is 13.8 Å². The summed E-state index contributed by atoms with van der Waals surface area (Å²) < 4.78 is 45.8. The molecule has 31 heavy (non-hydrogen) atoms. The summed E-state index contributed by atoms with van der Waals surface area (Å²) in [5.41, 5.74) is 5.26. The standard InChI is InChI=1S/C27H20FN2O/c1-16-12-21(18-8-6-5-7-9-18)26-20-11-10-19(29-3)13-24(20)31-27(26)25(16)23-14-22(28)17(2)15-30(23)4/h5-15H,1-2,4H3/q+1/i2D3. The van der Waals surface area contributed by atoms with Crippen LogP contribution in [0, 0.1) is 26.2 Å². The van der Waals surface area contributed by atoms with Crippen molar-refractivity contribution in [3.05, 3.63) is 95.2 Å². The summed E-state index contributed by atoms with van der Waals surface area (Å²) in [6.45, 7) is 6.72. The SMILES string of the molecule is [2H]C([2H])([2H])c1c[n+](C)c(-c2c(C)cc(-c3ccccc3)c3c2oc2cc([N+]#[C-])ccc23)cc1F. The van der Waals surface area contributed by atoms with E-state index in [9.17, 15) is 4.39 Å².